The third kappa shape index (κ3) is 2.20. The standard InChI is InChI=1S/C10H10F2N6/c1-17(6-2-5-13)8-4-3-7-14-15-10(9(11)12)18(7)16-8/h3-4,9H,2,6H2,1H3. The van der Waals surface area contributed by atoms with Gasteiger partial charge in [-0.15, -0.1) is 15.3 Å². The molecule has 18 heavy (non-hydrogen) atoms. The van der Waals surface area contributed by atoms with Gasteiger partial charge in [-0.2, -0.15) is 9.78 Å². The number of hydrogen-bond donors (Lipinski definition) is 0. The van der Waals surface area contributed by atoms with E-state index in [0.717, 1.165) is 4.52 Å². The Kier molecular flexibility index (Phi) is 3.32. The van der Waals surface area contributed by atoms with E-state index in [2.05, 4.69) is 15.3 Å². The lowest BCUT2D eigenvalue weighted by Gasteiger charge is -2.16. The molecule has 0 saturated heterocycles. The zero-order valence-corrected chi connectivity index (χ0v) is 9.59. The first-order valence-electron chi connectivity index (χ1n) is 5.22. The summed E-state index contributed by atoms with van der Waals surface area (Å²) in [5, 5.41) is 19.5. The fourth-order valence-corrected chi connectivity index (χ4v) is 1.47. The summed E-state index contributed by atoms with van der Waals surface area (Å²) >= 11 is 0. The molecule has 0 atom stereocenters. The van der Waals surface area contributed by atoms with Gasteiger partial charge in [0, 0.05) is 13.6 Å². The van der Waals surface area contributed by atoms with Crippen LogP contribution in [0.15, 0.2) is 12.1 Å². The van der Waals surface area contributed by atoms with Crippen molar-refractivity contribution in [3.05, 3.63) is 18.0 Å². The van der Waals surface area contributed by atoms with E-state index in [1.807, 2.05) is 6.07 Å². The molecule has 2 aromatic rings. The number of halogens is 2. The predicted molar refractivity (Wildman–Crippen MR) is 59.2 cm³/mol. The molecule has 0 fully saturated rings. The van der Waals surface area contributed by atoms with Crippen LogP contribution in [0.3, 0.4) is 0 Å². The zero-order chi connectivity index (χ0) is 13.1. The van der Waals surface area contributed by atoms with E-state index >= 15 is 0 Å². The van der Waals surface area contributed by atoms with Crippen molar-refractivity contribution in [1.29, 1.82) is 5.26 Å². The lowest BCUT2D eigenvalue weighted by Crippen LogP contribution is -2.20. The van der Waals surface area contributed by atoms with Gasteiger partial charge in [0.05, 0.1) is 12.5 Å². The summed E-state index contributed by atoms with van der Waals surface area (Å²) in [7, 11) is 1.73. The lowest BCUT2D eigenvalue weighted by atomic mass is 10.4. The maximum atomic E-state index is 12.6. The number of alkyl halides is 2. The van der Waals surface area contributed by atoms with Crippen LogP contribution in [0.2, 0.25) is 0 Å². The summed E-state index contributed by atoms with van der Waals surface area (Å²) in [5.74, 6) is -0.0000156. The molecule has 0 unspecified atom stereocenters. The summed E-state index contributed by atoms with van der Waals surface area (Å²) in [6, 6.07) is 5.22. The van der Waals surface area contributed by atoms with Crippen LogP contribution in [-0.4, -0.2) is 33.4 Å². The highest BCUT2D eigenvalue weighted by Crippen LogP contribution is 2.18. The minimum Gasteiger partial charge on any atom is -0.357 e. The van der Waals surface area contributed by atoms with Gasteiger partial charge in [0.2, 0.25) is 5.82 Å². The second-order valence-corrected chi connectivity index (χ2v) is 3.65. The molecular weight excluding hydrogens is 242 g/mol. The van der Waals surface area contributed by atoms with Crippen LogP contribution in [0.4, 0.5) is 14.6 Å². The molecule has 0 aliphatic heterocycles. The average Bonchev–Trinajstić information content (AvgIpc) is 2.78. The van der Waals surface area contributed by atoms with E-state index < -0.39 is 12.2 Å². The van der Waals surface area contributed by atoms with Crippen LogP contribution in [0.1, 0.15) is 18.7 Å². The first-order chi connectivity index (χ1) is 8.63. The Labute approximate surface area is 101 Å². The Bertz CT molecular complexity index is 588. The van der Waals surface area contributed by atoms with Crippen LogP contribution in [0.25, 0.3) is 5.65 Å². The Hall–Kier alpha value is -2.30. The number of aromatic nitrogens is 4. The molecule has 0 saturated carbocycles. The summed E-state index contributed by atoms with van der Waals surface area (Å²) in [6.45, 7) is 0.473. The van der Waals surface area contributed by atoms with Crippen LogP contribution in [-0.2, 0) is 0 Å². The average molecular weight is 252 g/mol. The van der Waals surface area contributed by atoms with Crippen molar-refractivity contribution in [2.45, 2.75) is 12.8 Å². The number of rotatable bonds is 4. The Morgan fingerprint density at radius 1 is 1.44 bits per heavy atom. The molecule has 2 aromatic heterocycles. The molecule has 8 heteroatoms. The minimum atomic E-state index is -2.73. The third-order valence-electron chi connectivity index (χ3n) is 2.42. The highest BCUT2D eigenvalue weighted by atomic mass is 19.3. The van der Waals surface area contributed by atoms with Gasteiger partial charge in [0.25, 0.3) is 6.43 Å². The molecule has 0 amide bonds. The topological polar surface area (TPSA) is 70.1 Å². The van der Waals surface area contributed by atoms with E-state index in [1.165, 1.54) is 0 Å². The smallest absolute Gasteiger partial charge is 0.299 e. The molecule has 0 aromatic carbocycles. The second-order valence-electron chi connectivity index (χ2n) is 3.65. The van der Waals surface area contributed by atoms with Crippen LogP contribution in [0, 0.1) is 11.3 Å². The maximum absolute atomic E-state index is 12.6. The first kappa shape index (κ1) is 12.2. The van der Waals surface area contributed by atoms with E-state index in [1.54, 1.807) is 24.1 Å². The molecule has 94 valence electrons. The number of anilines is 1. The van der Waals surface area contributed by atoms with E-state index in [0.29, 0.717) is 18.8 Å². The van der Waals surface area contributed by atoms with Crippen LogP contribution < -0.4 is 4.90 Å². The van der Waals surface area contributed by atoms with Gasteiger partial charge in [0.1, 0.15) is 5.82 Å². The fraction of sp³-hybridized carbons (Fsp3) is 0.400. The van der Waals surface area contributed by atoms with Gasteiger partial charge < -0.3 is 4.90 Å². The molecule has 2 heterocycles. The molecule has 0 aliphatic carbocycles. The summed E-state index contributed by atoms with van der Waals surface area (Å²) in [5.41, 5.74) is 0.266. The van der Waals surface area contributed by atoms with E-state index in [4.69, 9.17) is 5.26 Å². The Balaban J connectivity index is 2.36. The minimum absolute atomic E-state index is 0.266. The molecule has 0 radical (unpaired) electrons. The van der Waals surface area contributed by atoms with E-state index in [9.17, 15) is 8.78 Å². The fourth-order valence-electron chi connectivity index (χ4n) is 1.47. The number of nitrogens with zero attached hydrogens (tertiary/aromatic N) is 6. The SMILES string of the molecule is CN(CCC#N)c1ccc2nnc(C(F)F)n2n1. The molecule has 0 bridgehead atoms. The zero-order valence-electron chi connectivity index (χ0n) is 9.59. The number of nitriles is 1. The van der Waals surface area contributed by atoms with Gasteiger partial charge in [-0.05, 0) is 12.1 Å². The van der Waals surface area contributed by atoms with Crippen molar-refractivity contribution in [1.82, 2.24) is 19.8 Å². The maximum Gasteiger partial charge on any atom is 0.299 e. The highest BCUT2D eigenvalue weighted by Gasteiger charge is 2.17. The summed E-state index contributed by atoms with van der Waals surface area (Å²) in [4.78, 5) is 1.71. The van der Waals surface area contributed by atoms with E-state index in [-0.39, 0.29) is 5.65 Å². The summed E-state index contributed by atoms with van der Waals surface area (Å²) < 4.78 is 26.3. The van der Waals surface area contributed by atoms with Crippen molar-refractivity contribution in [3.8, 4) is 6.07 Å². The third-order valence-corrected chi connectivity index (χ3v) is 2.42. The predicted octanol–water partition coefficient (Wildman–Crippen LogP) is 1.41. The largest absolute Gasteiger partial charge is 0.357 e. The first-order valence-corrected chi connectivity index (χ1v) is 5.22. The molecule has 0 spiro atoms. The molecule has 6 nitrogen and oxygen atoms in total. The Morgan fingerprint density at radius 2 is 2.22 bits per heavy atom. The Morgan fingerprint density at radius 3 is 2.89 bits per heavy atom. The lowest BCUT2D eigenvalue weighted by molar-refractivity contribution is 0.137. The van der Waals surface area contributed by atoms with Crippen LogP contribution >= 0.6 is 0 Å². The molecule has 0 N–H and O–H groups in total. The highest BCUT2D eigenvalue weighted by molar-refractivity contribution is 5.45. The van der Waals surface area contributed by atoms with Crippen molar-refractivity contribution in [2.75, 3.05) is 18.5 Å². The molecular formula is C10H10F2N6. The molecule has 0 aliphatic rings. The second kappa shape index (κ2) is 4.91. The molecule has 2 rings (SSSR count). The van der Waals surface area contributed by atoms with Gasteiger partial charge in [0.15, 0.2) is 5.65 Å². The van der Waals surface area contributed by atoms with Gasteiger partial charge >= 0.3 is 0 Å². The summed E-state index contributed by atoms with van der Waals surface area (Å²) in [6.07, 6.45) is -2.40. The van der Waals surface area contributed by atoms with Crippen LogP contribution in [0.5, 0.6) is 0 Å². The quantitative estimate of drug-likeness (QED) is 0.822. The van der Waals surface area contributed by atoms with Gasteiger partial charge in [-0.1, -0.05) is 0 Å². The van der Waals surface area contributed by atoms with Crippen molar-refractivity contribution in [3.63, 3.8) is 0 Å². The van der Waals surface area contributed by atoms with Gasteiger partial charge in [-0.25, -0.2) is 8.78 Å². The van der Waals surface area contributed by atoms with Crippen molar-refractivity contribution >= 4 is 11.5 Å². The number of fused-ring (bicyclic) bond motifs is 1. The monoisotopic (exact) mass is 252 g/mol. The normalized spacial score (nSPS) is 10.8. The van der Waals surface area contributed by atoms with Crippen molar-refractivity contribution < 1.29 is 8.78 Å². The van der Waals surface area contributed by atoms with Crippen molar-refractivity contribution in [2.24, 2.45) is 0 Å². The van der Waals surface area contributed by atoms with Gasteiger partial charge in [-0.3, -0.25) is 0 Å². The number of hydrogen-bond acceptors (Lipinski definition) is 5.